The highest BCUT2D eigenvalue weighted by Gasteiger charge is 2.13. The van der Waals surface area contributed by atoms with E-state index >= 15 is 0 Å². The van der Waals surface area contributed by atoms with Gasteiger partial charge in [-0.15, -0.1) is 0 Å². The van der Waals surface area contributed by atoms with Crippen molar-refractivity contribution in [3.63, 3.8) is 0 Å². The van der Waals surface area contributed by atoms with Crippen LogP contribution in [0.2, 0.25) is 0 Å². The highest BCUT2D eigenvalue weighted by Crippen LogP contribution is 1.91. The normalized spacial score (nSPS) is 9.73. The second-order valence-electron chi connectivity index (χ2n) is 3.03. The molecule has 82 valence electrons. The average molecular weight is 211 g/mol. The van der Waals surface area contributed by atoms with E-state index in [9.17, 15) is 9.59 Å². The first-order valence-electron chi connectivity index (χ1n) is 4.41. The van der Waals surface area contributed by atoms with Crippen molar-refractivity contribution in [2.45, 2.75) is 6.54 Å². The van der Waals surface area contributed by atoms with Crippen LogP contribution in [0.1, 0.15) is 0 Å². The van der Waals surface area contributed by atoms with E-state index in [4.69, 9.17) is 0 Å². The van der Waals surface area contributed by atoms with Gasteiger partial charge in [0.15, 0.2) is 0 Å². The number of carbonyl (C=O) groups excluding carboxylic acids is 2. The van der Waals surface area contributed by atoms with Gasteiger partial charge in [-0.2, -0.15) is 5.10 Å². The molecular formula is C9H13N3O3. The number of hydrogen-bond acceptors (Lipinski definition) is 4. The fraction of sp³-hybridized carbons (Fsp3) is 0.444. The summed E-state index contributed by atoms with van der Waals surface area (Å²) in [6.07, 6.45) is 3.28. The smallest absolute Gasteiger partial charge is 0.325 e. The Morgan fingerprint density at radius 2 is 2.27 bits per heavy atom. The van der Waals surface area contributed by atoms with Crippen molar-refractivity contribution in [2.75, 3.05) is 20.7 Å². The quantitative estimate of drug-likeness (QED) is 0.631. The summed E-state index contributed by atoms with van der Waals surface area (Å²) >= 11 is 0. The maximum Gasteiger partial charge on any atom is 0.325 e. The molecule has 0 N–H and O–H groups in total. The molecule has 0 aliphatic rings. The number of hydrogen-bond donors (Lipinski definition) is 0. The second kappa shape index (κ2) is 5.14. The molecular weight excluding hydrogens is 198 g/mol. The molecule has 0 atom stereocenters. The fourth-order valence-electron chi connectivity index (χ4n) is 1.000. The summed E-state index contributed by atoms with van der Waals surface area (Å²) in [5, 5.41) is 3.89. The highest BCUT2D eigenvalue weighted by atomic mass is 16.5. The Balaban J connectivity index is 2.43. The fourth-order valence-corrected chi connectivity index (χ4v) is 1.000. The molecule has 0 aliphatic heterocycles. The molecule has 0 radical (unpaired) electrons. The Bertz CT molecular complexity index is 334. The second-order valence-corrected chi connectivity index (χ2v) is 3.03. The lowest BCUT2D eigenvalue weighted by molar-refractivity contribution is -0.146. The molecule has 6 nitrogen and oxygen atoms in total. The number of ether oxygens (including phenoxy) is 1. The van der Waals surface area contributed by atoms with Gasteiger partial charge in [-0.05, 0) is 6.07 Å². The molecule has 0 saturated heterocycles. The van der Waals surface area contributed by atoms with E-state index in [0.29, 0.717) is 0 Å². The minimum atomic E-state index is -0.439. The van der Waals surface area contributed by atoms with E-state index in [1.807, 2.05) is 0 Å². The van der Waals surface area contributed by atoms with E-state index in [-0.39, 0.29) is 19.0 Å². The topological polar surface area (TPSA) is 64.4 Å². The zero-order valence-corrected chi connectivity index (χ0v) is 8.71. The number of amides is 1. The van der Waals surface area contributed by atoms with E-state index in [1.54, 1.807) is 25.5 Å². The third-order valence-electron chi connectivity index (χ3n) is 1.88. The monoisotopic (exact) mass is 211 g/mol. The van der Waals surface area contributed by atoms with Crippen molar-refractivity contribution in [1.82, 2.24) is 14.7 Å². The lowest BCUT2D eigenvalue weighted by atomic mass is 10.5. The Hall–Kier alpha value is -1.85. The first-order valence-corrected chi connectivity index (χ1v) is 4.41. The number of esters is 1. The molecule has 1 aromatic heterocycles. The highest BCUT2D eigenvalue weighted by molar-refractivity contribution is 5.81. The molecule has 0 fully saturated rings. The van der Waals surface area contributed by atoms with E-state index in [0.717, 1.165) is 0 Å². The molecule has 0 unspecified atom stereocenters. The van der Waals surface area contributed by atoms with Gasteiger partial charge in [0.05, 0.1) is 7.11 Å². The lowest BCUT2D eigenvalue weighted by Crippen LogP contribution is -2.35. The minimum Gasteiger partial charge on any atom is -0.468 e. The lowest BCUT2D eigenvalue weighted by Gasteiger charge is -2.15. The van der Waals surface area contributed by atoms with Crippen LogP contribution < -0.4 is 0 Å². The predicted octanol–water partition coefficient (Wildman–Crippen LogP) is -0.486. The molecule has 0 bridgehead atoms. The van der Waals surface area contributed by atoms with Gasteiger partial charge in [0, 0.05) is 19.4 Å². The van der Waals surface area contributed by atoms with Gasteiger partial charge in [-0.25, -0.2) is 0 Å². The molecule has 1 heterocycles. The summed E-state index contributed by atoms with van der Waals surface area (Å²) in [5.41, 5.74) is 0. The Kier molecular flexibility index (Phi) is 3.84. The van der Waals surface area contributed by atoms with Crippen LogP contribution in [0.5, 0.6) is 0 Å². The Morgan fingerprint density at radius 1 is 1.53 bits per heavy atom. The van der Waals surface area contributed by atoms with Crippen molar-refractivity contribution in [3.8, 4) is 0 Å². The predicted molar refractivity (Wildman–Crippen MR) is 51.9 cm³/mol. The maximum absolute atomic E-state index is 11.5. The Labute approximate surface area is 87.4 Å². The summed E-state index contributed by atoms with van der Waals surface area (Å²) in [4.78, 5) is 23.7. The van der Waals surface area contributed by atoms with Crippen LogP contribution in [0.25, 0.3) is 0 Å². The third-order valence-corrected chi connectivity index (χ3v) is 1.88. The van der Waals surface area contributed by atoms with Crippen LogP contribution >= 0.6 is 0 Å². The number of likely N-dealkylation sites (N-methyl/N-ethyl adjacent to an activating group) is 1. The van der Waals surface area contributed by atoms with Crippen molar-refractivity contribution >= 4 is 11.9 Å². The standard InChI is InChI=1S/C9H13N3O3/c1-11(7-9(14)15-2)8(13)6-12-5-3-4-10-12/h3-5H,6-7H2,1-2H3. The van der Waals surface area contributed by atoms with Gasteiger partial charge >= 0.3 is 5.97 Å². The van der Waals surface area contributed by atoms with Gasteiger partial charge < -0.3 is 9.64 Å². The zero-order chi connectivity index (χ0) is 11.3. The van der Waals surface area contributed by atoms with Gasteiger partial charge in [0.25, 0.3) is 0 Å². The molecule has 1 rings (SSSR count). The molecule has 1 amide bonds. The summed E-state index contributed by atoms with van der Waals surface area (Å²) < 4.78 is 5.95. The number of rotatable bonds is 4. The minimum absolute atomic E-state index is 0.0450. The van der Waals surface area contributed by atoms with Crippen LogP contribution in [-0.4, -0.2) is 47.3 Å². The van der Waals surface area contributed by atoms with Crippen LogP contribution in [0, 0.1) is 0 Å². The van der Waals surface area contributed by atoms with Crippen LogP contribution in [0.3, 0.4) is 0 Å². The number of methoxy groups -OCH3 is 1. The third kappa shape index (κ3) is 3.41. The van der Waals surface area contributed by atoms with Crippen LogP contribution in [0.4, 0.5) is 0 Å². The van der Waals surface area contributed by atoms with Crippen LogP contribution in [0.15, 0.2) is 18.5 Å². The first-order chi connectivity index (χ1) is 7.13. The molecule has 1 aromatic rings. The number of carbonyl (C=O) groups is 2. The van der Waals surface area contributed by atoms with E-state index < -0.39 is 5.97 Å². The SMILES string of the molecule is COC(=O)CN(C)C(=O)Cn1cccn1. The maximum atomic E-state index is 11.5. The molecule has 0 saturated carbocycles. The Morgan fingerprint density at radius 3 is 2.80 bits per heavy atom. The number of nitrogens with zero attached hydrogens (tertiary/aromatic N) is 3. The van der Waals surface area contributed by atoms with E-state index in [2.05, 4.69) is 9.84 Å². The molecule has 0 aromatic carbocycles. The van der Waals surface area contributed by atoms with Gasteiger partial charge in [-0.3, -0.25) is 14.3 Å². The summed E-state index contributed by atoms with van der Waals surface area (Å²) in [5.74, 6) is -0.629. The molecule has 0 aliphatic carbocycles. The van der Waals surface area contributed by atoms with Crippen molar-refractivity contribution in [1.29, 1.82) is 0 Å². The first kappa shape index (κ1) is 11.2. The summed E-state index contributed by atoms with van der Waals surface area (Å²) in [6, 6.07) is 1.73. The molecule has 15 heavy (non-hydrogen) atoms. The van der Waals surface area contributed by atoms with E-state index in [1.165, 1.54) is 16.7 Å². The van der Waals surface area contributed by atoms with Crippen molar-refractivity contribution in [3.05, 3.63) is 18.5 Å². The average Bonchev–Trinajstić information content (AvgIpc) is 2.70. The summed E-state index contributed by atoms with van der Waals surface area (Å²) in [7, 11) is 2.83. The molecule has 6 heteroatoms. The summed E-state index contributed by atoms with van der Waals surface area (Å²) in [6.45, 7) is 0.0805. The largest absolute Gasteiger partial charge is 0.468 e. The number of aromatic nitrogens is 2. The molecule has 0 spiro atoms. The van der Waals surface area contributed by atoms with Gasteiger partial charge in [0.2, 0.25) is 5.91 Å². The zero-order valence-electron chi connectivity index (χ0n) is 8.71. The van der Waals surface area contributed by atoms with Gasteiger partial charge in [-0.1, -0.05) is 0 Å². The van der Waals surface area contributed by atoms with Crippen molar-refractivity contribution < 1.29 is 14.3 Å². The van der Waals surface area contributed by atoms with Gasteiger partial charge in [0.1, 0.15) is 13.1 Å². The van der Waals surface area contributed by atoms with Crippen LogP contribution in [-0.2, 0) is 20.9 Å². The van der Waals surface area contributed by atoms with Crippen molar-refractivity contribution in [2.24, 2.45) is 0 Å².